The molecule has 0 bridgehead atoms. The van der Waals surface area contributed by atoms with Crippen molar-refractivity contribution < 1.29 is 0 Å². The molecule has 0 spiro atoms. The van der Waals surface area contributed by atoms with E-state index in [1.165, 1.54) is 35.2 Å². The fourth-order valence-corrected chi connectivity index (χ4v) is 2.55. The normalized spacial score (nSPS) is 14.2. The first-order chi connectivity index (χ1) is 10.1. The number of benzene rings is 1. The summed E-state index contributed by atoms with van der Waals surface area (Å²) in [4.78, 5) is 6.74. The van der Waals surface area contributed by atoms with Crippen LogP contribution in [0.3, 0.4) is 0 Å². The van der Waals surface area contributed by atoms with Crippen LogP contribution in [-0.2, 0) is 6.54 Å². The van der Waals surface area contributed by atoms with E-state index in [1.54, 1.807) is 0 Å². The fraction of sp³-hybridized carbons (Fsp3) is 0.389. The Kier molecular flexibility index (Phi) is 3.93. The van der Waals surface area contributed by atoms with Gasteiger partial charge in [-0.25, -0.2) is 4.98 Å². The van der Waals surface area contributed by atoms with Gasteiger partial charge in [-0.05, 0) is 61.6 Å². The van der Waals surface area contributed by atoms with Crippen LogP contribution < -0.4 is 10.2 Å². The van der Waals surface area contributed by atoms with Crippen molar-refractivity contribution in [1.82, 2.24) is 10.3 Å². The number of hydrogen-bond acceptors (Lipinski definition) is 3. The number of aryl methyl sites for hydroxylation is 2. The Bertz CT molecular complexity index is 595. The molecule has 1 fully saturated rings. The van der Waals surface area contributed by atoms with Gasteiger partial charge in [0.05, 0.1) is 0 Å². The second-order valence-corrected chi connectivity index (χ2v) is 6.08. The van der Waals surface area contributed by atoms with E-state index < -0.39 is 0 Å². The number of nitrogens with zero attached hydrogens (tertiary/aromatic N) is 2. The number of rotatable bonds is 5. The van der Waals surface area contributed by atoms with Crippen LogP contribution in [0.1, 0.15) is 29.5 Å². The first kappa shape index (κ1) is 14.1. The molecule has 0 atom stereocenters. The van der Waals surface area contributed by atoms with Crippen LogP contribution in [0.2, 0.25) is 0 Å². The average molecular weight is 281 g/mol. The molecule has 0 radical (unpaired) electrons. The largest absolute Gasteiger partial charge is 0.329 e. The zero-order valence-corrected chi connectivity index (χ0v) is 13.1. The zero-order valence-electron chi connectivity index (χ0n) is 13.1. The van der Waals surface area contributed by atoms with Crippen molar-refractivity contribution in [2.45, 2.75) is 39.3 Å². The van der Waals surface area contributed by atoms with Gasteiger partial charge in [-0.3, -0.25) is 0 Å². The summed E-state index contributed by atoms with van der Waals surface area (Å²) in [6.07, 6.45) is 4.62. The average Bonchev–Trinajstić information content (AvgIpc) is 3.28. The van der Waals surface area contributed by atoms with Gasteiger partial charge in [-0.1, -0.05) is 12.1 Å². The Hall–Kier alpha value is -1.87. The van der Waals surface area contributed by atoms with E-state index in [1.807, 2.05) is 6.20 Å². The summed E-state index contributed by atoms with van der Waals surface area (Å²) in [5, 5.41) is 3.51. The quantitative estimate of drug-likeness (QED) is 0.905. The van der Waals surface area contributed by atoms with Crippen molar-refractivity contribution in [1.29, 1.82) is 0 Å². The van der Waals surface area contributed by atoms with E-state index in [4.69, 9.17) is 0 Å². The Morgan fingerprint density at radius 2 is 1.86 bits per heavy atom. The van der Waals surface area contributed by atoms with E-state index in [9.17, 15) is 0 Å². The highest BCUT2D eigenvalue weighted by atomic mass is 15.2. The molecule has 1 heterocycles. The SMILES string of the molecule is Cc1cc(C)cc(N(C)c2ccc(CNC3CC3)cn2)c1. The van der Waals surface area contributed by atoms with Gasteiger partial charge in [0.15, 0.2) is 0 Å². The minimum atomic E-state index is 0.739. The molecule has 2 aromatic rings. The van der Waals surface area contributed by atoms with Gasteiger partial charge in [-0.15, -0.1) is 0 Å². The Balaban J connectivity index is 1.72. The van der Waals surface area contributed by atoms with E-state index in [0.717, 1.165) is 18.4 Å². The van der Waals surface area contributed by atoms with Crippen molar-refractivity contribution in [3.05, 3.63) is 53.2 Å². The van der Waals surface area contributed by atoms with Gasteiger partial charge in [0.1, 0.15) is 5.82 Å². The molecule has 3 rings (SSSR count). The number of pyridine rings is 1. The van der Waals surface area contributed by atoms with Crippen molar-refractivity contribution in [3.8, 4) is 0 Å². The lowest BCUT2D eigenvalue weighted by Crippen LogP contribution is -2.16. The maximum Gasteiger partial charge on any atom is 0.132 e. The number of nitrogens with one attached hydrogen (secondary N) is 1. The van der Waals surface area contributed by atoms with Gasteiger partial charge in [0.2, 0.25) is 0 Å². The van der Waals surface area contributed by atoms with Gasteiger partial charge >= 0.3 is 0 Å². The third kappa shape index (κ3) is 3.61. The molecule has 1 saturated carbocycles. The Morgan fingerprint density at radius 3 is 2.43 bits per heavy atom. The summed E-state index contributed by atoms with van der Waals surface area (Å²) in [6, 6.07) is 11.6. The van der Waals surface area contributed by atoms with E-state index in [2.05, 4.69) is 66.4 Å². The maximum absolute atomic E-state index is 4.60. The standard InChI is InChI=1S/C18H23N3/c1-13-8-14(2)10-17(9-13)21(3)18-7-4-15(12-20-18)11-19-16-5-6-16/h4,7-10,12,16,19H,5-6,11H2,1-3H3. The van der Waals surface area contributed by atoms with Crippen LogP contribution in [0.25, 0.3) is 0 Å². The summed E-state index contributed by atoms with van der Waals surface area (Å²) in [5.41, 5.74) is 4.99. The van der Waals surface area contributed by atoms with E-state index in [0.29, 0.717) is 0 Å². The van der Waals surface area contributed by atoms with Gasteiger partial charge in [0.25, 0.3) is 0 Å². The highest BCUT2D eigenvalue weighted by molar-refractivity contribution is 5.61. The second-order valence-electron chi connectivity index (χ2n) is 6.08. The highest BCUT2D eigenvalue weighted by Crippen LogP contribution is 2.24. The van der Waals surface area contributed by atoms with Crippen molar-refractivity contribution in [3.63, 3.8) is 0 Å². The lowest BCUT2D eigenvalue weighted by molar-refractivity contribution is 0.686. The number of anilines is 2. The van der Waals surface area contributed by atoms with Crippen LogP contribution in [-0.4, -0.2) is 18.1 Å². The third-order valence-electron chi connectivity index (χ3n) is 3.92. The van der Waals surface area contributed by atoms with Gasteiger partial charge in [0, 0.05) is 31.5 Å². The zero-order chi connectivity index (χ0) is 14.8. The number of aromatic nitrogens is 1. The topological polar surface area (TPSA) is 28.2 Å². The molecule has 110 valence electrons. The molecule has 21 heavy (non-hydrogen) atoms. The molecule has 1 aromatic carbocycles. The van der Waals surface area contributed by atoms with Gasteiger partial charge < -0.3 is 10.2 Å². The first-order valence-electron chi connectivity index (χ1n) is 7.62. The minimum absolute atomic E-state index is 0.739. The summed E-state index contributed by atoms with van der Waals surface area (Å²) in [6.45, 7) is 5.18. The van der Waals surface area contributed by atoms with Crippen LogP contribution in [0.5, 0.6) is 0 Å². The van der Waals surface area contributed by atoms with Crippen LogP contribution in [0.15, 0.2) is 36.5 Å². The maximum atomic E-state index is 4.60. The summed E-state index contributed by atoms with van der Waals surface area (Å²) >= 11 is 0. The summed E-state index contributed by atoms with van der Waals surface area (Å²) in [7, 11) is 2.07. The predicted octanol–water partition coefficient (Wildman–Crippen LogP) is 3.72. The monoisotopic (exact) mass is 281 g/mol. The van der Waals surface area contributed by atoms with Crippen molar-refractivity contribution >= 4 is 11.5 Å². The molecule has 0 amide bonds. The molecule has 1 aliphatic carbocycles. The highest BCUT2D eigenvalue weighted by Gasteiger charge is 2.19. The molecule has 1 N–H and O–H groups in total. The lowest BCUT2D eigenvalue weighted by Gasteiger charge is -2.19. The molecule has 1 aromatic heterocycles. The van der Waals surface area contributed by atoms with Gasteiger partial charge in [-0.2, -0.15) is 0 Å². The first-order valence-corrected chi connectivity index (χ1v) is 7.62. The van der Waals surface area contributed by atoms with E-state index >= 15 is 0 Å². The molecule has 0 saturated heterocycles. The Labute approximate surface area is 127 Å². The summed E-state index contributed by atoms with van der Waals surface area (Å²) < 4.78 is 0. The molecular weight excluding hydrogens is 258 g/mol. The smallest absolute Gasteiger partial charge is 0.132 e. The van der Waals surface area contributed by atoms with Crippen LogP contribution >= 0.6 is 0 Å². The summed E-state index contributed by atoms with van der Waals surface area (Å²) in [5.74, 6) is 0.982. The number of hydrogen-bond donors (Lipinski definition) is 1. The lowest BCUT2D eigenvalue weighted by atomic mass is 10.1. The molecule has 3 heteroatoms. The Morgan fingerprint density at radius 1 is 1.14 bits per heavy atom. The molecule has 0 aliphatic heterocycles. The second kappa shape index (κ2) is 5.86. The molecule has 1 aliphatic rings. The molecular formula is C18H23N3. The van der Waals surface area contributed by atoms with Crippen LogP contribution in [0.4, 0.5) is 11.5 Å². The van der Waals surface area contributed by atoms with Crippen LogP contribution in [0, 0.1) is 13.8 Å². The molecule has 3 nitrogen and oxygen atoms in total. The minimum Gasteiger partial charge on any atom is -0.329 e. The molecule has 0 unspecified atom stereocenters. The third-order valence-corrected chi connectivity index (χ3v) is 3.92. The van der Waals surface area contributed by atoms with Crippen molar-refractivity contribution in [2.75, 3.05) is 11.9 Å². The van der Waals surface area contributed by atoms with E-state index in [-0.39, 0.29) is 0 Å². The van der Waals surface area contributed by atoms with Crippen molar-refractivity contribution in [2.24, 2.45) is 0 Å². The fourth-order valence-electron chi connectivity index (χ4n) is 2.55. The predicted molar refractivity (Wildman–Crippen MR) is 88.1 cm³/mol.